The van der Waals surface area contributed by atoms with Gasteiger partial charge in [0.05, 0.1) is 32.1 Å². The number of morpholine rings is 1. The van der Waals surface area contributed by atoms with Crippen molar-refractivity contribution in [2.24, 2.45) is 0 Å². The van der Waals surface area contributed by atoms with Gasteiger partial charge >= 0.3 is 0 Å². The number of sulfonamides is 1. The summed E-state index contributed by atoms with van der Waals surface area (Å²) in [6.07, 6.45) is -0.0531. The topological polar surface area (TPSA) is 88.2 Å². The van der Waals surface area contributed by atoms with E-state index in [1.807, 2.05) is 43.3 Å². The molecule has 27 heavy (non-hydrogen) atoms. The van der Waals surface area contributed by atoms with Crippen LogP contribution in [0.3, 0.4) is 0 Å². The molecule has 152 valence electrons. The molecule has 1 N–H and O–H groups in total. The van der Waals surface area contributed by atoms with Gasteiger partial charge < -0.3 is 19.7 Å². The highest BCUT2D eigenvalue weighted by molar-refractivity contribution is 7.89. The number of methoxy groups -OCH3 is 1. The maximum absolute atomic E-state index is 12.3. The molecule has 1 aliphatic heterocycles. The standard InChI is InChI=1S/C18H29N3O5S/c1-20(2)17(15-4-6-16(25-3)7-5-15)14-19-18(22)8-13-27(23,24)21-9-11-26-12-10-21/h4-7,17H,8-14H2,1-3H3,(H,19,22). The summed E-state index contributed by atoms with van der Waals surface area (Å²) < 4.78 is 36.3. The molecule has 1 atom stereocenters. The summed E-state index contributed by atoms with van der Waals surface area (Å²) in [5, 5.41) is 2.85. The first kappa shape index (κ1) is 21.6. The Kier molecular flexibility index (Phi) is 8.03. The molecule has 0 spiro atoms. The number of carbonyl (C=O) groups excluding carboxylic acids is 1. The van der Waals surface area contributed by atoms with E-state index in [2.05, 4.69) is 5.32 Å². The fourth-order valence-electron chi connectivity index (χ4n) is 2.90. The third-order valence-electron chi connectivity index (χ3n) is 4.57. The lowest BCUT2D eigenvalue weighted by atomic mass is 10.1. The molecule has 1 fully saturated rings. The monoisotopic (exact) mass is 399 g/mol. The van der Waals surface area contributed by atoms with Crippen molar-refractivity contribution >= 4 is 15.9 Å². The second-order valence-corrected chi connectivity index (χ2v) is 8.72. The third-order valence-corrected chi connectivity index (χ3v) is 6.44. The Hall–Kier alpha value is -1.68. The van der Waals surface area contributed by atoms with Crippen LogP contribution in [0.4, 0.5) is 0 Å². The molecular formula is C18H29N3O5S. The van der Waals surface area contributed by atoms with Gasteiger partial charge in [0.15, 0.2) is 0 Å². The van der Waals surface area contributed by atoms with Crippen LogP contribution in [0.15, 0.2) is 24.3 Å². The Morgan fingerprint density at radius 3 is 2.44 bits per heavy atom. The van der Waals surface area contributed by atoms with Crippen LogP contribution >= 0.6 is 0 Å². The van der Waals surface area contributed by atoms with Crippen molar-refractivity contribution in [1.29, 1.82) is 0 Å². The first-order valence-electron chi connectivity index (χ1n) is 8.96. The number of rotatable bonds is 9. The van der Waals surface area contributed by atoms with Gasteiger partial charge in [-0.2, -0.15) is 4.31 Å². The van der Waals surface area contributed by atoms with Crippen LogP contribution in [-0.2, 0) is 19.6 Å². The molecule has 2 rings (SSSR count). The quantitative estimate of drug-likeness (QED) is 0.649. The van der Waals surface area contributed by atoms with Gasteiger partial charge in [0.25, 0.3) is 0 Å². The highest BCUT2D eigenvalue weighted by Gasteiger charge is 2.25. The van der Waals surface area contributed by atoms with Crippen LogP contribution in [0.2, 0.25) is 0 Å². The number of benzene rings is 1. The van der Waals surface area contributed by atoms with Gasteiger partial charge in [-0.1, -0.05) is 12.1 Å². The predicted molar refractivity (Wildman–Crippen MR) is 103 cm³/mol. The molecule has 0 aromatic heterocycles. The molecule has 1 unspecified atom stereocenters. The first-order chi connectivity index (χ1) is 12.8. The normalized spacial score (nSPS) is 16.9. The van der Waals surface area contributed by atoms with Crippen molar-refractivity contribution in [1.82, 2.24) is 14.5 Å². The lowest BCUT2D eigenvalue weighted by Crippen LogP contribution is -2.42. The maximum atomic E-state index is 12.3. The molecule has 1 aliphatic rings. The van der Waals surface area contributed by atoms with Crippen molar-refractivity contribution in [3.63, 3.8) is 0 Å². The van der Waals surface area contributed by atoms with Gasteiger partial charge in [-0.3, -0.25) is 4.79 Å². The smallest absolute Gasteiger partial charge is 0.221 e. The summed E-state index contributed by atoms with van der Waals surface area (Å²) in [6.45, 7) is 1.90. The number of hydrogen-bond donors (Lipinski definition) is 1. The van der Waals surface area contributed by atoms with E-state index >= 15 is 0 Å². The summed E-state index contributed by atoms with van der Waals surface area (Å²) in [5.74, 6) is 0.314. The van der Waals surface area contributed by atoms with Crippen LogP contribution in [0.1, 0.15) is 18.0 Å². The predicted octanol–water partition coefficient (Wildman–Crippen LogP) is 0.466. The van der Waals surface area contributed by atoms with Gasteiger partial charge in [-0.05, 0) is 31.8 Å². The fourth-order valence-corrected chi connectivity index (χ4v) is 4.31. The second-order valence-electron chi connectivity index (χ2n) is 6.63. The number of nitrogens with zero attached hydrogens (tertiary/aromatic N) is 2. The van der Waals surface area contributed by atoms with Gasteiger partial charge in [-0.25, -0.2) is 8.42 Å². The second kappa shape index (κ2) is 10.0. The highest BCUT2D eigenvalue weighted by atomic mass is 32.2. The Morgan fingerprint density at radius 1 is 1.26 bits per heavy atom. The molecular weight excluding hydrogens is 370 g/mol. The molecule has 0 saturated carbocycles. The summed E-state index contributed by atoms with van der Waals surface area (Å²) in [6, 6.07) is 7.65. The Balaban J connectivity index is 1.86. The summed E-state index contributed by atoms with van der Waals surface area (Å²) >= 11 is 0. The molecule has 0 radical (unpaired) electrons. The average Bonchev–Trinajstić information content (AvgIpc) is 2.67. The average molecular weight is 400 g/mol. The van der Waals surface area contributed by atoms with Crippen LogP contribution in [0.25, 0.3) is 0 Å². The zero-order valence-corrected chi connectivity index (χ0v) is 17.0. The van der Waals surface area contributed by atoms with Crippen molar-refractivity contribution < 1.29 is 22.7 Å². The Bertz CT molecular complexity index is 700. The minimum atomic E-state index is -3.42. The zero-order chi connectivity index (χ0) is 19.9. The largest absolute Gasteiger partial charge is 0.497 e. The van der Waals surface area contributed by atoms with E-state index in [-0.39, 0.29) is 24.1 Å². The number of amides is 1. The fraction of sp³-hybridized carbons (Fsp3) is 0.611. The molecule has 0 aliphatic carbocycles. The zero-order valence-electron chi connectivity index (χ0n) is 16.2. The first-order valence-corrected chi connectivity index (χ1v) is 10.6. The van der Waals surface area contributed by atoms with Crippen molar-refractivity contribution in [3.8, 4) is 5.75 Å². The summed E-state index contributed by atoms with van der Waals surface area (Å²) in [7, 11) is 2.06. The molecule has 0 bridgehead atoms. The van der Waals surface area contributed by atoms with Gasteiger partial charge in [0.1, 0.15) is 5.75 Å². The van der Waals surface area contributed by atoms with E-state index in [1.54, 1.807) is 7.11 Å². The number of likely N-dealkylation sites (N-methyl/N-ethyl adjacent to an activating group) is 1. The van der Waals surface area contributed by atoms with E-state index in [1.165, 1.54) is 4.31 Å². The minimum absolute atomic E-state index is 0.0179. The van der Waals surface area contributed by atoms with Crippen molar-refractivity contribution in [3.05, 3.63) is 29.8 Å². The Morgan fingerprint density at radius 2 is 1.89 bits per heavy atom. The third kappa shape index (κ3) is 6.46. The lowest BCUT2D eigenvalue weighted by molar-refractivity contribution is -0.120. The summed E-state index contributed by atoms with van der Waals surface area (Å²) in [5.41, 5.74) is 1.04. The maximum Gasteiger partial charge on any atom is 0.221 e. The van der Waals surface area contributed by atoms with Crippen molar-refractivity contribution in [2.75, 3.05) is 59.8 Å². The SMILES string of the molecule is COc1ccc(C(CNC(=O)CCS(=O)(=O)N2CCOCC2)N(C)C)cc1. The lowest BCUT2D eigenvalue weighted by Gasteiger charge is -2.26. The van der Waals surface area contributed by atoms with Gasteiger partial charge in [0, 0.05) is 26.1 Å². The van der Waals surface area contributed by atoms with Gasteiger partial charge in [0.2, 0.25) is 15.9 Å². The Labute approximate surface area is 161 Å². The molecule has 1 aromatic carbocycles. The van der Waals surface area contributed by atoms with Crippen LogP contribution < -0.4 is 10.1 Å². The van der Waals surface area contributed by atoms with Crippen LogP contribution in [0, 0.1) is 0 Å². The van der Waals surface area contributed by atoms with E-state index in [0.717, 1.165) is 11.3 Å². The van der Waals surface area contributed by atoms with E-state index < -0.39 is 10.0 Å². The van der Waals surface area contributed by atoms with Crippen molar-refractivity contribution in [2.45, 2.75) is 12.5 Å². The molecule has 1 aromatic rings. The molecule has 8 nitrogen and oxygen atoms in total. The van der Waals surface area contributed by atoms with E-state index in [4.69, 9.17) is 9.47 Å². The minimum Gasteiger partial charge on any atom is -0.497 e. The van der Waals surface area contributed by atoms with E-state index in [0.29, 0.717) is 32.8 Å². The molecule has 1 heterocycles. The van der Waals surface area contributed by atoms with Gasteiger partial charge in [-0.15, -0.1) is 0 Å². The summed E-state index contributed by atoms with van der Waals surface area (Å²) in [4.78, 5) is 14.2. The molecule has 1 saturated heterocycles. The van der Waals surface area contributed by atoms with E-state index in [9.17, 15) is 13.2 Å². The highest BCUT2D eigenvalue weighted by Crippen LogP contribution is 2.20. The molecule has 9 heteroatoms. The van der Waals surface area contributed by atoms with Crippen LogP contribution in [0.5, 0.6) is 5.75 Å². The number of nitrogens with one attached hydrogen (secondary N) is 1. The number of ether oxygens (including phenoxy) is 2. The molecule has 1 amide bonds. The number of hydrogen-bond acceptors (Lipinski definition) is 6. The van der Waals surface area contributed by atoms with Crippen LogP contribution in [-0.4, -0.2) is 83.3 Å². The number of carbonyl (C=O) groups is 1.